The summed E-state index contributed by atoms with van der Waals surface area (Å²) >= 11 is 0. The zero-order valence-electron chi connectivity index (χ0n) is 29.5. The average molecular weight is 714 g/mol. The van der Waals surface area contributed by atoms with Crippen LogP contribution in [0.1, 0.15) is 5.56 Å². The van der Waals surface area contributed by atoms with Crippen molar-refractivity contribution in [1.82, 2.24) is 4.58 Å². The van der Waals surface area contributed by atoms with E-state index in [-0.39, 0.29) is 26.2 Å². The Balaban J connectivity index is 1.55. The minimum Gasteiger partial charge on any atom is -0.496 e. The van der Waals surface area contributed by atoms with E-state index in [0.717, 1.165) is 27.6 Å². The van der Waals surface area contributed by atoms with Gasteiger partial charge in [0.25, 0.3) is 0 Å². The molecule has 0 amide bonds. The number of carbonyl (C=O) groups is 3. The van der Waals surface area contributed by atoms with Crippen LogP contribution in [0.5, 0.6) is 17.2 Å². The number of ether oxygens (including phenoxy) is 3. The van der Waals surface area contributed by atoms with E-state index in [1.54, 1.807) is 24.3 Å². The van der Waals surface area contributed by atoms with Crippen molar-refractivity contribution in [2.24, 2.45) is 0 Å². The Hall–Kier alpha value is -6.44. The molecular weight excluding hydrogens is 672 g/mol. The molecule has 0 bridgehead atoms. The lowest BCUT2D eigenvalue weighted by atomic mass is 9.92. The summed E-state index contributed by atoms with van der Waals surface area (Å²) < 4.78 is 26.5. The first-order valence-corrected chi connectivity index (χ1v) is 16.3. The molecule has 0 fully saturated rings. The molecule has 272 valence electrons. The molecule has 2 aliphatic rings. The largest absolute Gasteiger partial charge is 0.496 e. The second kappa shape index (κ2) is 16.1. The predicted molar refractivity (Wildman–Crippen MR) is 197 cm³/mol. The highest BCUT2D eigenvalue weighted by Crippen LogP contribution is 2.47. The number of nitrogens with one attached hydrogen (secondary N) is 2. The highest BCUT2D eigenvalue weighted by Gasteiger charge is 2.23. The van der Waals surface area contributed by atoms with Crippen LogP contribution in [-0.2, 0) is 20.8 Å². The Morgan fingerprint density at radius 3 is 2.04 bits per heavy atom. The molecule has 14 heteroatoms. The molecule has 1 aliphatic carbocycles. The molecule has 0 radical (unpaired) electrons. The van der Waals surface area contributed by atoms with Crippen molar-refractivity contribution < 1.29 is 48.3 Å². The van der Waals surface area contributed by atoms with Crippen molar-refractivity contribution in [3.63, 3.8) is 0 Å². The predicted octanol–water partition coefficient (Wildman–Crippen LogP) is 4.39. The molecule has 5 N–H and O–H groups in total. The molecule has 14 nitrogen and oxygen atoms in total. The maximum Gasteiger partial charge on any atom is 0.322 e. The number of hydrogen-bond donors (Lipinski definition) is 5. The Morgan fingerprint density at radius 2 is 1.42 bits per heavy atom. The number of benzene rings is 4. The van der Waals surface area contributed by atoms with E-state index >= 15 is 0 Å². The first kappa shape index (κ1) is 36.8. The zero-order chi connectivity index (χ0) is 37.5. The van der Waals surface area contributed by atoms with Crippen molar-refractivity contribution in [2.75, 3.05) is 77.1 Å². The molecular formula is C38H41N4O10+. The molecule has 1 aliphatic heterocycles. The van der Waals surface area contributed by atoms with Crippen LogP contribution in [0.4, 0.5) is 17.1 Å². The fraction of sp³-hybridized carbons (Fsp3) is 0.263. The van der Waals surface area contributed by atoms with Gasteiger partial charge in [-0.25, -0.2) is 4.58 Å². The lowest BCUT2D eigenvalue weighted by Gasteiger charge is -2.21. The van der Waals surface area contributed by atoms with Gasteiger partial charge >= 0.3 is 17.9 Å². The fourth-order valence-corrected chi connectivity index (χ4v) is 5.67. The smallest absolute Gasteiger partial charge is 0.322 e. The molecule has 3 aromatic rings. The fourth-order valence-electron chi connectivity index (χ4n) is 5.67. The van der Waals surface area contributed by atoms with Gasteiger partial charge in [0, 0.05) is 60.1 Å². The van der Waals surface area contributed by atoms with Gasteiger partial charge in [-0.15, -0.1) is 0 Å². The van der Waals surface area contributed by atoms with E-state index < -0.39 is 24.5 Å². The van der Waals surface area contributed by atoms with Gasteiger partial charge in [0.05, 0.1) is 31.0 Å². The highest BCUT2D eigenvalue weighted by atomic mass is 16.5. The number of methoxy groups -OCH3 is 1. The summed E-state index contributed by atoms with van der Waals surface area (Å²) in [7, 11) is 9.35. The van der Waals surface area contributed by atoms with Crippen LogP contribution in [0.2, 0.25) is 0 Å². The third kappa shape index (κ3) is 8.64. The lowest BCUT2D eigenvalue weighted by Crippen LogP contribution is -2.21. The molecule has 0 spiro atoms. The quantitative estimate of drug-likeness (QED) is 0.0552. The number of carboxylic acid groups (broad SMARTS) is 3. The van der Waals surface area contributed by atoms with Crippen LogP contribution >= 0.6 is 0 Å². The van der Waals surface area contributed by atoms with E-state index in [2.05, 4.69) is 10.6 Å². The average Bonchev–Trinajstić information content (AvgIpc) is 3.10. The van der Waals surface area contributed by atoms with Crippen LogP contribution < -0.4 is 39.7 Å². The standard InChI is InChI=1S/C38H40N4O10/c1-41(2)23-7-9-25-32(16-23)52-33-17-24(42(3)4)8-10-26(33)38(25)27-18-34(29(19-31(27)49-5)40-21-37(47)48)51-13-12-50-30-11-6-22(15-35(43)44)14-28(30)39-20-36(45)46/h6-11,14,16-19,39H,12-13,15,20-21H2,1-5H3,(H3,43,44,45,46,47,48)/p+1. The number of fused-ring (bicyclic) bond motifs is 2. The summed E-state index contributed by atoms with van der Waals surface area (Å²) in [6.45, 7) is -0.768. The van der Waals surface area contributed by atoms with Gasteiger partial charge in [-0.3, -0.25) is 14.4 Å². The summed E-state index contributed by atoms with van der Waals surface area (Å²) in [4.78, 5) is 36.0. The van der Waals surface area contributed by atoms with Gasteiger partial charge in [-0.05, 0) is 42.0 Å². The van der Waals surface area contributed by atoms with Gasteiger partial charge in [-0.2, -0.15) is 0 Å². The molecule has 0 unspecified atom stereocenters. The SMILES string of the molecule is COc1cc(NCC(=O)O)c(OCCOc2ccc(CC(=O)O)cc2NCC(=O)O)cc1-c1c2ccc(=[N+](C)C)cc-2oc2cc(N(C)C)ccc12. The topological polar surface area (TPSA) is 183 Å². The van der Waals surface area contributed by atoms with Gasteiger partial charge in [-0.1, -0.05) is 6.07 Å². The second-order valence-electron chi connectivity index (χ2n) is 12.3. The third-order valence-corrected chi connectivity index (χ3v) is 8.15. The number of nitrogens with zero attached hydrogens (tertiary/aromatic N) is 2. The van der Waals surface area contributed by atoms with Crippen molar-refractivity contribution in [2.45, 2.75) is 6.42 Å². The number of aliphatic carboxylic acids is 3. The molecule has 0 saturated heterocycles. The third-order valence-electron chi connectivity index (χ3n) is 8.15. The van der Waals surface area contributed by atoms with Crippen LogP contribution in [-0.4, -0.2) is 94.8 Å². The molecule has 5 rings (SSSR count). The van der Waals surface area contributed by atoms with Gasteiger partial charge < -0.3 is 49.5 Å². The summed E-state index contributed by atoms with van der Waals surface area (Å²) in [5, 5.41) is 35.3. The summed E-state index contributed by atoms with van der Waals surface area (Å²) in [5.41, 5.74) is 5.09. The van der Waals surface area contributed by atoms with Crippen molar-refractivity contribution >= 4 is 45.9 Å². The normalized spacial score (nSPS) is 10.9. The van der Waals surface area contributed by atoms with Gasteiger partial charge in [0.15, 0.2) is 0 Å². The number of rotatable bonds is 16. The van der Waals surface area contributed by atoms with Crippen LogP contribution in [0, 0.1) is 0 Å². The van der Waals surface area contributed by atoms with E-state index in [1.165, 1.54) is 13.2 Å². The van der Waals surface area contributed by atoms with Gasteiger partial charge in [0.2, 0.25) is 5.36 Å². The molecule has 0 aromatic heterocycles. The van der Waals surface area contributed by atoms with Crippen molar-refractivity contribution in [1.29, 1.82) is 0 Å². The number of hydrogen-bond acceptors (Lipinski definition) is 10. The molecule has 0 saturated carbocycles. The Morgan fingerprint density at radius 1 is 0.750 bits per heavy atom. The van der Waals surface area contributed by atoms with Crippen LogP contribution in [0.15, 0.2) is 71.1 Å². The van der Waals surface area contributed by atoms with E-state index in [0.29, 0.717) is 51.1 Å². The van der Waals surface area contributed by atoms with E-state index in [1.807, 2.05) is 74.1 Å². The Kier molecular flexibility index (Phi) is 11.4. The number of anilines is 3. The minimum absolute atomic E-state index is 0.00672. The van der Waals surface area contributed by atoms with Gasteiger partial charge in [0.1, 0.15) is 69.0 Å². The molecule has 52 heavy (non-hydrogen) atoms. The van der Waals surface area contributed by atoms with E-state index in [4.69, 9.17) is 18.6 Å². The first-order chi connectivity index (χ1) is 24.8. The van der Waals surface area contributed by atoms with Crippen LogP contribution in [0.3, 0.4) is 0 Å². The molecule has 3 aromatic carbocycles. The zero-order valence-corrected chi connectivity index (χ0v) is 29.5. The Labute approximate surface area is 299 Å². The highest BCUT2D eigenvalue weighted by molar-refractivity contribution is 6.04. The summed E-state index contributed by atoms with van der Waals surface area (Å²) in [6, 6.07) is 20.1. The second-order valence-corrected chi connectivity index (χ2v) is 12.3. The first-order valence-electron chi connectivity index (χ1n) is 16.3. The lowest BCUT2D eigenvalue weighted by molar-refractivity contribution is -0.136. The maximum atomic E-state index is 11.6. The van der Waals surface area contributed by atoms with E-state index in [9.17, 15) is 29.7 Å². The maximum absolute atomic E-state index is 11.6. The Bertz CT molecular complexity index is 2170. The monoisotopic (exact) mass is 713 g/mol. The molecule has 0 atom stereocenters. The number of carboxylic acids is 3. The van der Waals surface area contributed by atoms with Crippen molar-refractivity contribution in [3.05, 3.63) is 77.7 Å². The minimum atomic E-state index is -1.10. The van der Waals surface area contributed by atoms with Crippen molar-refractivity contribution in [3.8, 4) is 39.7 Å². The van der Waals surface area contributed by atoms with Crippen LogP contribution in [0.25, 0.3) is 33.4 Å². The summed E-state index contributed by atoms with van der Waals surface area (Å²) in [6.07, 6.45) is -0.245. The molecule has 1 heterocycles. The summed E-state index contributed by atoms with van der Waals surface area (Å²) in [5.74, 6) is -1.44.